The van der Waals surface area contributed by atoms with E-state index in [4.69, 9.17) is 16.2 Å². The van der Waals surface area contributed by atoms with Crippen LogP contribution in [0.25, 0.3) is 0 Å². The largest absolute Gasteiger partial charge is 0.455 e. The molecule has 1 heterocycles. The number of aromatic nitrogens is 1. The van der Waals surface area contributed by atoms with E-state index in [1.165, 1.54) is 6.07 Å². The summed E-state index contributed by atoms with van der Waals surface area (Å²) in [7, 11) is 0. The summed E-state index contributed by atoms with van der Waals surface area (Å²) in [5.74, 6) is 0.419. The van der Waals surface area contributed by atoms with Crippen molar-refractivity contribution in [2.75, 3.05) is 5.73 Å². The first-order chi connectivity index (χ1) is 9.51. The van der Waals surface area contributed by atoms with Crippen molar-refractivity contribution in [2.24, 2.45) is 5.73 Å². The summed E-state index contributed by atoms with van der Waals surface area (Å²) >= 11 is 0. The van der Waals surface area contributed by atoms with Crippen LogP contribution in [0.1, 0.15) is 28.7 Å². The highest BCUT2D eigenvalue weighted by Crippen LogP contribution is 2.29. The molecule has 0 saturated carbocycles. The molecule has 104 valence electrons. The standard InChI is InChI=1S/C15H17N3O2/c1-3-12-14(6-4-9(2)18-12)20-13-7-5-10(16)8-11(13)15(17)19/h4-8H,3,16H2,1-2H3,(H2,17,19). The SMILES string of the molecule is CCc1nc(C)ccc1Oc1ccc(N)cc1C(N)=O. The molecule has 1 aromatic heterocycles. The first kappa shape index (κ1) is 13.9. The quantitative estimate of drug-likeness (QED) is 0.835. The van der Waals surface area contributed by atoms with Crippen molar-refractivity contribution >= 4 is 11.6 Å². The average molecular weight is 271 g/mol. The Morgan fingerprint density at radius 1 is 1.25 bits per heavy atom. The van der Waals surface area contributed by atoms with E-state index in [1.54, 1.807) is 12.1 Å². The lowest BCUT2D eigenvalue weighted by molar-refractivity contribution is 0.0998. The first-order valence-corrected chi connectivity index (χ1v) is 6.35. The molecule has 1 aromatic carbocycles. The van der Waals surface area contributed by atoms with Crippen molar-refractivity contribution < 1.29 is 9.53 Å². The van der Waals surface area contributed by atoms with E-state index in [0.717, 1.165) is 17.8 Å². The van der Waals surface area contributed by atoms with E-state index < -0.39 is 5.91 Å². The number of amides is 1. The number of hydrogen-bond acceptors (Lipinski definition) is 4. The molecule has 20 heavy (non-hydrogen) atoms. The summed E-state index contributed by atoms with van der Waals surface area (Å²) in [5, 5.41) is 0. The third kappa shape index (κ3) is 2.88. The molecular formula is C15H17N3O2. The van der Waals surface area contributed by atoms with E-state index in [0.29, 0.717) is 17.2 Å². The van der Waals surface area contributed by atoms with Crippen molar-refractivity contribution in [1.29, 1.82) is 0 Å². The van der Waals surface area contributed by atoms with Crippen LogP contribution in [0, 0.1) is 6.92 Å². The van der Waals surface area contributed by atoms with Gasteiger partial charge in [-0.25, -0.2) is 0 Å². The Balaban J connectivity index is 2.42. The van der Waals surface area contributed by atoms with E-state index in [9.17, 15) is 4.79 Å². The monoisotopic (exact) mass is 271 g/mol. The highest BCUT2D eigenvalue weighted by atomic mass is 16.5. The minimum Gasteiger partial charge on any atom is -0.455 e. The Morgan fingerprint density at radius 2 is 1.95 bits per heavy atom. The summed E-state index contributed by atoms with van der Waals surface area (Å²) in [6.45, 7) is 3.91. The summed E-state index contributed by atoms with van der Waals surface area (Å²) in [5.41, 5.74) is 13.5. The Bertz CT molecular complexity index is 654. The van der Waals surface area contributed by atoms with E-state index in [1.807, 2.05) is 26.0 Å². The number of pyridine rings is 1. The van der Waals surface area contributed by atoms with Crippen molar-refractivity contribution in [3.63, 3.8) is 0 Å². The number of carbonyl (C=O) groups excluding carboxylic acids is 1. The van der Waals surface area contributed by atoms with Gasteiger partial charge in [-0.05, 0) is 43.7 Å². The summed E-state index contributed by atoms with van der Waals surface area (Å²) in [6, 6.07) is 8.49. The molecule has 2 aromatic rings. The van der Waals surface area contributed by atoms with Gasteiger partial charge >= 0.3 is 0 Å². The molecule has 0 aliphatic rings. The molecule has 0 saturated heterocycles. The maximum Gasteiger partial charge on any atom is 0.252 e. The zero-order chi connectivity index (χ0) is 14.7. The van der Waals surface area contributed by atoms with Gasteiger partial charge in [0.25, 0.3) is 5.91 Å². The second kappa shape index (κ2) is 5.61. The summed E-state index contributed by atoms with van der Waals surface area (Å²) in [4.78, 5) is 15.9. The van der Waals surface area contributed by atoms with Crippen LogP contribution in [0.4, 0.5) is 5.69 Å². The molecule has 5 heteroatoms. The number of nitrogen functional groups attached to an aromatic ring is 1. The molecule has 0 fully saturated rings. The maximum atomic E-state index is 11.4. The highest BCUT2D eigenvalue weighted by molar-refractivity contribution is 5.96. The van der Waals surface area contributed by atoms with Crippen LogP contribution in [0.3, 0.4) is 0 Å². The van der Waals surface area contributed by atoms with E-state index in [-0.39, 0.29) is 5.56 Å². The Hall–Kier alpha value is -2.56. The van der Waals surface area contributed by atoms with Gasteiger partial charge in [0.05, 0.1) is 11.3 Å². The molecule has 0 radical (unpaired) electrons. The maximum absolute atomic E-state index is 11.4. The number of ether oxygens (including phenoxy) is 1. The van der Waals surface area contributed by atoms with Crippen molar-refractivity contribution in [1.82, 2.24) is 4.98 Å². The van der Waals surface area contributed by atoms with Crippen LogP contribution < -0.4 is 16.2 Å². The van der Waals surface area contributed by atoms with Crippen molar-refractivity contribution in [3.8, 4) is 11.5 Å². The molecular weight excluding hydrogens is 254 g/mol. The Morgan fingerprint density at radius 3 is 2.60 bits per heavy atom. The van der Waals surface area contributed by atoms with Gasteiger partial charge in [-0.3, -0.25) is 9.78 Å². The Kier molecular flexibility index (Phi) is 3.89. The molecule has 0 unspecified atom stereocenters. The van der Waals surface area contributed by atoms with Crippen molar-refractivity contribution in [2.45, 2.75) is 20.3 Å². The van der Waals surface area contributed by atoms with Crippen LogP contribution in [0.2, 0.25) is 0 Å². The van der Waals surface area contributed by atoms with Gasteiger partial charge < -0.3 is 16.2 Å². The van der Waals surface area contributed by atoms with Gasteiger partial charge in [0, 0.05) is 11.4 Å². The molecule has 5 nitrogen and oxygen atoms in total. The third-order valence-electron chi connectivity index (χ3n) is 2.90. The number of aryl methyl sites for hydroxylation is 2. The molecule has 0 spiro atoms. The number of primary amides is 1. The van der Waals surface area contributed by atoms with Gasteiger partial charge in [0.2, 0.25) is 0 Å². The first-order valence-electron chi connectivity index (χ1n) is 6.35. The fraction of sp³-hybridized carbons (Fsp3) is 0.200. The minimum atomic E-state index is -0.578. The van der Waals surface area contributed by atoms with Crippen LogP contribution in [-0.2, 0) is 6.42 Å². The number of nitrogens with zero attached hydrogens (tertiary/aromatic N) is 1. The topological polar surface area (TPSA) is 91.2 Å². The lowest BCUT2D eigenvalue weighted by Crippen LogP contribution is -2.13. The molecule has 0 bridgehead atoms. The van der Waals surface area contributed by atoms with Gasteiger partial charge in [0.15, 0.2) is 0 Å². The van der Waals surface area contributed by atoms with Gasteiger partial charge in [-0.15, -0.1) is 0 Å². The third-order valence-corrected chi connectivity index (χ3v) is 2.90. The van der Waals surface area contributed by atoms with E-state index in [2.05, 4.69) is 4.98 Å². The lowest BCUT2D eigenvalue weighted by atomic mass is 10.1. The fourth-order valence-electron chi connectivity index (χ4n) is 1.89. The summed E-state index contributed by atoms with van der Waals surface area (Å²) < 4.78 is 5.78. The van der Waals surface area contributed by atoms with E-state index >= 15 is 0 Å². The molecule has 1 amide bonds. The van der Waals surface area contributed by atoms with Gasteiger partial charge in [0.1, 0.15) is 11.5 Å². The predicted octanol–water partition coefficient (Wildman–Crippen LogP) is 2.43. The molecule has 0 aliphatic heterocycles. The van der Waals surface area contributed by atoms with Crippen molar-refractivity contribution in [3.05, 3.63) is 47.3 Å². The molecule has 0 atom stereocenters. The normalized spacial score (nSPS) is 10.3. The predicted molar refractivity (Wildman–Crippen MR) is 77.8 cm³/mol. The minimum absolute atomic E-state index is 0.257. The number of carbonyl (C=O) groups is 1. The lowest BCUT2D eigenvalue weighted by Gasteiger charge is -2.12. The number of anilines is 1. The zero-order valence-corrected chi connectivity index (χ0v) is 11.5. The van der Waals surface area contributed by atoms with Gasteiger partial charge in [-0.1, -0.05) is 6.92 Å². The average Bonchev–Trinajstić information content (AvgIpc) is 2.42. The Labute approximate surface area is 117 Å². The van der Waals surface area contributed by atoms with Crippen LogP contribution in [0.5, 0.6) is 11.5 Å². The highest BCUT2D eigenvalue weighted by Gasteiger charge is 2.13. The number of nitrogens with two attached hydrogens (primary N) is 2. The van der Waals surface area contributed by atoms with Gasteiger partial charge in [-0.2, -0.15) is 0 Å². The number of benzene rings is 1. The molecule has 0 aliphatic carbocycles. The van der Waals surface area contributed by atoms with Crippen LogP contribution in [-0.4, -0.2) is 10.9 Å². The smallest absolute Gasteiger partial charge is 0.252 e. The fourth-order valence-corrected chi connectivity index (χ4v) is 1.89. The number of rotatable bonds is 4. The zero-order valence-electron chi connectivity index (χ0n) is 11.5. The second-order valence-electron chi connectivity index (χ2n) is 4.47. The second-order valence-corrected chi connectivity index (χ2v) is 4.47. The summed E-state index contributed by atoms with van der Waals surface area (Å²) in [6.07, 6.45) is 0.734. The molecule has 4 N–H and O–H groups in total. The van der Waals surface area contributed by atoms with Crippen LogP contribution in [0.15, 0.2) is 30.3 Å². The number of hydrogen-bond donors (Lipinski definition) is 2. The van der Waals surface area contributed by atoms with Crippen LogP contribution >= 0.6 is 0 Å². The molecule has 2 rings (SSSR count).